The second-order valence-electron chi connectivity index (χ2n) is 5.10. The van der Waals surface area contributed by atoms with Crippen LogP contribution >= 0.6 is 0 Å². The van der Waals surface area contributed by atoms with Gasteiger partial charge in [-0.25, -0.2) is 4.39 Å². The molecule has 2 aliphatic rings. The minimum absolute atomic E-state index is 0.0246. The quantitative estimate of drug-likeness (QED) is 0.728. The Hall–Kier alpha value is -2.61. The number of hydrogen-bond donors (Lipinski definition) is 2. The van der Waals surface area contributed by atoms with Crippen LogP contribution in [0, 0.1) is 5.82 Å². The molecule has 0 bridgehead atoms. The van der Waals surface area contributed by atoms with E-state index in [-0.39, 0.29) is 36.1 Å². The van der Waals surface area contributed by atoms with Crippen LogP contribution in [-0.2, 0) is 16.1 Å². The molecule has 1 atom stereocenters. The van der Waals surface area contributed by atoms with Crippen molar-refractivity contribution in [2.75, 3.05) is 0 Å². The molecule has 7 nitrogen and oxygen atoms in total. The SMILES string of the molecule is NCc1c(F)ccc2c1C(=O)N(C1CCC(=O)NC1=O)C2=O. The maximum absolute atomic E-state index is 13.8. The zero-order valence-electron chi connectivity index (χ0n) is 11.4. The molecule has 2 aliphatic heterocycles. The minimum Gasteiger partial charge on any atom is -0.326 e. The summed E-state index contributed by atoms with van der Waals surface area (Å²) in [5.74, 6) is -3.27. The number of amides is 4. The molecule has 0 spiro atoms. The van der Waals surface area contributed by atoms with E-state index >= 15 is 0 Å². The first-order valence-corrected chi connectivity index (χ1v) is 6.68. The topological polar surface area (TPSA) is 110 Å². The highest BCUT2D eigenvalue weighted by Crippen LogP contribution is 2.30. The van der Waals surface area contributed by atoms with Crippen LogP contribution in [0.25, 0.3) is 0 Å². The smallest absolute Gasteiger partial charge is 0.262 e. The van der Waals surface area contributed by atoms with Crippen molar-refractivity contribution in [3.05, 3.63) is 34.6 Å². The largest absolute Gasteiger partial charge is 0.326 e. The third-order valence-electron chi connectivity index (χ3n) is 3.86. The van der Waals surface area contributed by atoms with Crippen LogP contribution in [0.1, 0.15) is 39.1 Å². The number of benzene rings is 1. The highest BCUT2D eigenvalue weighted by molar-refractivity contribution is 6.24. The lowest BCUT2D eigenvalue weighted by Gasteiger charge is -2.27. The Morgan fingerprint density at radius 1 is 1.23 bits per heavy atom. The summed E-state index contributed by atoms with van der Waals surface area (Å²) in [7, 11) is 0. The number of halogens is 1. The first kappa shape index (κ1) is 14.3. The summed E-state index contributed by atoms with van der Waals surface area (Å²) in [4.78, 5) is 48.7. The van der Waals surface area contributed by atoms with E-state index in [0.29, 0.717) is 0 Å². The standard InChI is InChI=1S/C14H12FN3O4/c15-8-2-1-6-11(7(8)5-16)14(22)18(13(6)21)9-3-4-10(19)17-12(9)20/h1-2,9H,3-5,16H2,(H,17,19,20). The van der Waals surface area contributed by atoms with Crippen molar-refractivity contribution in [1.29, 1.82) is 0 Å². The molecule has 0 radical (unpaired) electrons. The minimum atomic E-state index is -1.07. The van der Waals surface area contributed by atoms with E-state index in [4.69, 9.17) is 5.73 Å². The molecule has 114 valence electrons. The number of carbonyl (C=O) groups is 4. The fraction of sp³-hybridized carbons (Fsp3) is 0.286. The number of carbonyl (C=O) groups excluding carboxylic acids is 4. The van der Waals surface area contributed by atoms with Gasteiger partial charge in [0, 0.05) is 18.5 Å². The molecule has 4 amide bonds. The van der Waals surface area contributed by atoms with E-state index in [2.05, 4.69) is 5.32 Å². The van der Waals surface area contributed by atoms with Crippen molar-refractivity contribution in [1.82, 2.24) is 10.2 Å². The van der Waals surface area contributed by atoms with Gasteiger partial charge in [-0.2, -0.15) is 0 Å². The van der Waals surface area contributed by atoms with E-state index in [9.17, 15) is 23.6 Å². The number of nitrogens with two attached hydrogens (primary N) is 1. The molecule has 22 heavy (non-hydrogen) atoms. The van der Waals surface area contributed by atoms with Crippen molar-refractivity contribution >= 4 is 23.6 Å². The van der Waals surface area contributed by atoms with Gasteiger partial charge < -0.3 is 5.73 Å². The second kappa shape index (κ2) is 4.99. The van der Waals surface area contributed by atoms with Crippen LogP contribution in [0.15, 0.2) is 12.1 Å². The van der Waals surface area contributed by atoms with Gasteiger partial charge in [0.25, 0.3) is 11.8 Å². The van der Waals surface area contributed by atoms with Crippen LogP contribution in [0.2, 0.25) is 0 Å². The fourth-order valence-electron chi connectivity index (χ4n) is 2.80. The molecular formula is C14H12FN3O4. The lowest BCUT2D eigenvalue weighted by Crippen LogP contribution is -2.54. The zero-order chi connectivity index (χ0) is 16.0. The van der Waals surface area contributed by atoms with E-state index < -0.39 is 35.5 Å². The Labute approximate surface area is 124 Å². The number of nitrogens with one attached hydrogen (secondary N) is 1. The van der Waals surface area contributed by atoms with Gasteiger partial charge in [0.05, 0.1) is 11.1 Å². The molecular weight excluding hydrogens is 293 g/mol. The van der Waals surface area contributed by atoms with E-state index in [1.54, 1.807) is 0 Å². The molecule has 0 aliphatic carbocycles. The molecule has 1 fully saturated rings. The molecule has 2 heterocycles. The number of hydrogen-bond acceptors (Lipinski definition) is 5. The summed E-state index contributed by atoms with van der Waals surface area (Å²) >= 11 is 0. The van der Waals surface area contributed by atoms with E-state index in [0.717, 1.165) is 11.0 Å². The number of rotatable bonds is 2. The Balaban J connectivity index is 2.04. The summed E-state index contributed by atoms with van der Waals surface area (Å²) < 4.78 is 13.8. The molecule has 1 unspecified atom stereocenters. The average molecular weight is 305 g/mol. The molecule has 1 aromatic rings. The van der Waals surface area contributed by atoms with Gasteiger partial charge in [-0.3, -0.25) is 29.4 Å². The molecule has 1 aromatic carbocycles. The summed E-state index contributed by atoms with van der Waals surface area (Å²) in [5, 5.41) is 2.09. The van der Waals surface area contributed by atoms with Gasteiger partial charge in [-0.1, -0.05) is 0 Å². The van der Waals surface area contributed by atoms with Crippen LogP contribution in [0.3, 0.4) is 0 Å². The highest BCUT2D eigenvalue weighted by atomic mass is 19.1. The number of nitrogens with zero attached hydrogens (tertiary/aromatic N) is 1. The van der Waals surface area contributed by atoms with Crippen LogP contribution in [0.5, 0.6) is 0 Å². The van der Waals surface area contributed by atoms with Crippen LogP contribution in [0.4, 0.5) is 4.39 Å². The maximum Gasteiger partial charge on any atom is 0.262 e. The molecule has 8 heteroatoms. The first-order chi connectivity index (χ1) is 10.5. The second-order valence-corrected chi connectivity index (χ2v) is 5.10. The molecule has 3 rings (SSSR count). The lowest BCUT2D eigenvalue weighted by atomic mass is 10.0. The van der Waals surface area contributed by atoms with E-state index in [1.165, 1.54) is 6.07 Å². The maximum atomic E-state index is 13.8. The van der Waals surface area contributed by atoms with Crippen molar-refractivity contribution in [2.45, 2.75) is 25.4 Å². The van der Waals surface area contributed by atoms with Crippen LogP contribution < -0.4 is 11.1 Å². The average Bonchev–Trinajstić information content (AvgIpc) is 2.72. The predicted molar refractivity (Wildman–Crippen MR) is 71.0 cm³/mol. The number of piperidine rings is 1. The normalized spacial score (nSPS) is 21.2. The third kappa shape index (κ3) is 1.92. The van der Waals surface area contributed by atoms with Gasteiger partial charge in [0.1, 0.15) is 11.9 Å². The predicted octanol–water partition coefficient (Wildman–Crippen LogP) is -0.314. The summed E-state index contributed by atoms with van der Waals surface area (Å²) in [6.45, 7) is -0.239. The lowest BCUT2D eigenvalue weighted by molar-refractivity contribution is -0.136. The van der Waals surface area contributed by atoms with E-state index in [1.807, 2.05) is 0 Å². The molecule has 0 aromatic heterocycles. The van der Waals surface area contributed by atoms with Gasteiger partial charge >= 0.3 is 0 Å². The van der Waals surface area contributed by atoms with Gasteiger partial charge in [-0.05, 0) is 18.6 Å². The monoisotopic (exact) mass is 305 g/mol. The van der Waals surface area contributed by atoms with Crippen molar-refractivity contribution in [2.24, 2.45) is 5.73 Å². The highest BCUT2D eigenvalue weighted by Gasteiger charge is 2.45. The molecule has 3 N–H and O–H groups in total. The van der Waals surface area contributed by atoms with Crippen molar-refractivity contribution in [3.63, 3.8) is 0 Å². The third-order valence-corrected chi connectivity index (χ3v) is 3.86. The van der Waals surface area contributed by atoms with Crippen molar-refractivity contribution in [3.8, 4) is 0 Å². The Morgan fingerprint density at radius 3 is 2.59 bits per heavy atom. The summed E-state index contributed by atoms with van der Waals surface area (Å²) in [5.41, 5.74) is 5.33. The fourth-order valence-corrected chi connectivity index (χ4v) is 2.80. The van der Waals surface area contributed by atoms with Crippen LogP contribution in [-0.4, -0.2) is 34.6 Å². The zero-order valence-corrected chi connectivity index (χ0v) is 11.4. The Kier molecular flexibility index (Phi) is 3.25. The first-order valence-electron chi connectivity index (χ1n) is 6.68. The Morgan fingerprint density at radius 2 is 1.95 bits per heavy atom. The Bertz CT molecular complexity index is 731. The van der Waals surface area contributed by atoms with Crippen molar-refractivity contribution < 1.29 is 23.6 Å². The summed E-state index contributed by atoms with van der Waals surface area (Å²) in [6.07, 6.45) is 0.0818. The number of imide groups is 2. The van der Waals surface area contributed by atoms with Gasteiger partial charge in [-0.15, -0.1) is 0 Å². The van der Waals surface area contributed by atoms with Gasteiger partial charge in [0.15, 0.2) is 0 Å². The molecule has 0 saturated carbocycles. The number of fused-ring (bicyclic) bond motifs is 1. The van der Waals surface area contributed by atoms with Gasteiger partial charge in [0.2, 0.25) is 11.8 Å². The summed E-state index contributed by atoms with van der Waals surface area (Å²) in [6, 6.07) is 1.20. The molecule has 1 saturated heterocycles.